The van der Waals surface area contributed by atoms with E-state index in [0.29, 0.717) is 30.0 Å². The van der Waals surface area contributed by atoms with E-state index in [0.717, 1.165) is 25.9 Å². The molecule has 5 nitrogen and oxygen atoms in total. The monoisotopic (exact) mass is 278 g/mol. The van der Waals surface area contributed by atoms with Crippen molar-refractivity contribution in [3.05, 3.63) is 23.8 Å². The average Bonchev–Trinajstić information content (AvgIpc) is 2.48. The predicted molar refractivity (Wildman–Crippen MR) is 77.5 cm³/mol. The van der Waals surface area contributed by atoms with Gasteiger partial charge in [0.15, 0.2) is 17.3 Å². The highest BCUT2D eigenvalue weighted by molar-refractivity contribution is 5.96. The van der Waals surface area contributed by atoms with E-state index in [2.05, 4.69) is 5.32 Å². The van der Waals surface area contributed by atoms with Crippen molar-refractivity contribution in [1.82, 2.24) is 5.32 Å². The first-order valence-corrected chi connectivity index (χ1v) is 7.03. The number of hydrogen-bond acceptors (Lipinski definition) is 5. The summed E-state index contributed by atoms with van der Waals surface area (Å²) in [5, 5.41) is 3.30. The second-order valence-electron chi connectivity index (χ2n) is 4.91. The summed E-state index contributed by atoms with van der Waals surface area (Å²) >= 11 is 0. The summed E-state index contributed by atoms with van der Waals surface area (Å²) in [7, 11) is 1.60. The van der Waals surface area contributed by atoms with Crippen molar-refractivity contribution in [2.45, 2.75) is 25.4 Å². The van der Waals surface area contributed by atoms with Gasteiger partial charge in [-0.25, -0.2) is 0 Å². The molecular weight excluding hydrogens is 256 g/mol. The van der Waals surface area contributed by atoms with Gasteiger partial charge < -0.3 is 20.5 Å². The molecule has 1 unspecified atom stereocenters. The number of ketones is 1. The minimum absolute atomic E-state index is 0.0294. The zero-order valence-corrected chi connectivity index (χ0v) is 11.9. The standard InChI is InChI=1S/C15H22N2O3/c1-19-14-5-4-11(13(18)6-7-16)9-15(14)20-12-3-2-8-17-10-12/h4-5,9,12,17H,2-3,6-8,10,16H2,1H3. The van der Waals surface area contributed by atoms with E-state index >= 15 is 0 Å². The molecule has 0 amide bonds. The Morgan fingerprint density at radius 2 is 2.30 bits per heavy atom. The lowest BCUT2D eigenvalue weighted by Gasteiger charge is -2.25. The first-order valence-electron chi connectivity index (χ1n) is 7.03. The fraction of sp³-hybridized carbons (Fsp3) is 0.533. The summed E-state index contributed by atoms with van der Waals surface area (Å²) in [6, 6.07) is 5.28. The molecule has 0 aliphatic carbocycles. The Morgan fingerprint density at radius 1 is 1.45 bits per heavy atom. The minimum Gasteiger partial charge on any atom is -0.493 e. The molecule has 3 N–H and O–H groups in total. The molecule has 1 heterocycles. The third kappa shape index (κ3) is 3.71. The van der Waals surface area contributed by atoms with E-state index in [1.165, 1.54) is 0 Å². The number of ether oxygens (including phenoxy) is 2. The Balaban J connectivity index is 2.15. The number of rotatable bonds is 6. The van der Waals surface area contributed by atoms with Gasteiger partial charge in [-0.05, 0) is 44.1 Å². The first-order chi connectivity index (χ1) is 9.74. The van der Waals surface area contributed by atoms with Gasteiger partial charge >= 0.3 is 0 Å². The molecule has 0 aromatic heterocycles. The van der Waals surface area contributed by atoms with Gasteiger partial charge in [0, 0.05) is 18.5 Å². The van der Waals surface area contributed by atoms with Crippen LogP contribution >= 0.6 is 0 Å². The Labute approximate surface area is 119 Å². The van der Waals surface area contributed by atoms with Crippen LogP contribution in [0.5, 0.6) is 11.5 Å². The number of hydrogen-bond donors (Lipinski definition) is 2. The first kappa shape index (κ1) is 14.8. The maximum atomic E-state index is 11.9. The highest BCUT2D eigenvalue weighted by atomic mass is 16.5. The van der Waals surface area contributed by atoms with Gasteiger partial charge in [-0.2, -0.15) is 0 Å². The quantitative estimate of drug-likeness (QED) is 0.769. The van der Waals surface area contributed by atoms with Crippen LogP contribution in [0.2, 0.25) is 0 Å². The van der Waals surface area contributed by atoms with Crippen molar-refractivity contribution in [2.24, 2.45) is 5.73 Å². The van der Waals surface area contributed by atoms with E-state index in [9.17, 15) is 4.79 Å². The van der Waals surface area contributed by atoms with Gasteiger partial charge in [0.25, 0.3) is 0 Å². The van der Waals surface area contributed by atoms with Crippen LogP contribution in [-0.2, 0) is 0 Å². The second kappa shape index (κ2) is 7.26. The summed E-state index contributed by atoms with van der Waals surface area (Å²) in [5.74, 6) is 1.31. The van der Waals surface area contributed by atoms with Gasteiger partial charge in [-0.1, -0.05) is 0 Å². The normalized spacial score (nSPS) is 18.6. The van der Waals surface area contributed by atoms with E-state index in [1.807, 2.05) is 0 Å². The van der Waals surface area contributed by atoms with Crippen LogP contribution in [0.25, 0.3) is 0 Å². The predicted octanol–water partition coefficient (Wildman–Crippen LogP) is 1.36. The van der Waals surface area contributed by atoms with E-state index in [1.54, 1.807) is 25.3 Å². The van der Waals surface area contributed by atoms with Crippen LogP contribution in [0.4, 0.5) is 0 Å². The highest BCUT2D eigenvalue weighted by Gasteiger charge is 2.18. The Morgan fingerprint density at radius 3 is 2.95 bits per heavy atom. The zero-order valence-electron chi connectivity index (χ0n) is 11.9. The molecule has 2 rings (SSSR count). The molecule has 0 bridgehead atoms. The lowest BCUT2D eigenvalue weighted by molar-refractivity contribution is 0.0984. The molecule has 1 fully saturated rings. The highest BCUT2D eigenvalue weighted by Crippen LogP contribution is 2.30. The number of methoxy groups -OCH3 is 1. The van der Waals surface area contributed by atoms with Gasteiger partial charge in [-0.3, -0.25) is 4.79 Å². The topological polar surface area (TPSA) is 73.6 Å². The maximum Gasteiger partial charge on any atom is 0.164 e. The second-order valence-corrected chi connectivity index (χ2v) is 4.91. The van der Waals surface area contributed by atoms with Gasteiger partial charge in [-0.15, -0.1) is 0 Å². The summed E-state index contributed by atoms with van der Waals surface area (Å²) in [5.41, 5.74) is 6.05. The molecule has 1 saturated heterocycles. The van der Waals surface area contributed by atoms with Crippen molar-refractivity contribution in [2.75, 3.05) is 26.7 Å². The SMILES string of the molecule is COc1ccc(C(=O)CCN)cc1OC1CCCNC1. The molecule has 1 aliphatic rings. The van der Waals surface area contributed by atoms with Gasteiger partial charge in [0.05, 0.1) is 7.11 Å². The summed E-state index contributed by atoms with van der Waals surface area (Å²) in [6.07, 6.45) is 2.57. The third-order valence-electron chi connectivity index (χ3n) is 3.40. The van der Waals surface area contributed by atoms with Crippen LogP contribution in [0, 0.1) is 0 Å². The molecule has 110 valence electrons. The number of piperidine rings is 1. The largest absolute Gasteiger partial charge is 0.493 e. The molecule has 20 heavy (non-hydrogen) atoms. The lowest BCUT2D eigenvalue weighted by Crippen LogP contribution is -2.37. The average molecular weight is 278 g/mol. The van der Waals surface area contributed by atoms with E-state index < -0.39 is 0 Å². The minimum atomic E-state index is 0.0294. The number of benzene rings is 1. The molecule has 1 atom stereocenters. The van der Waals surface area contributed by atoms with Gasteiger partial charge in [0.1, 0.15) is 6.10 Å². The number of nitrogens with one attached hydrogen (secondary N) is 1. The third-order valence-corrected chi connectivity index (χ3v) is 3.40. The molecule has 1 aliphatic heterocycles. The number of Topliss-reactive ketones (excluding diaryl/α,β-unsaturated/α-hetero) is 1. The van der Waals surface area contributed by atoms with Gasteiger partial charge in [0.2, 0.25) is 0 Å². The number of nitrogens with two attached hydrogens (primary N) is 1. The van der Waals surface area contributed by atoms with Crippen molar-refractivity contribution in [3.8, 4) is 11.5 Å². The van der Waals surface area contributed by atoms with Crippen LogP contribution < -0.4 is 20.5 Å². The zero-order chi connectivity index (χ0) is 14.4. The molecule has 1 aromatic carbocycles. The smallest absolute Gasteiger partial charge is 0.164 e. The molecule has 0 saturated carbocycles. The summed E-state index contributed by atoms with van der Waals surface area (Å²) in [6.45, 7) is 2.21. The fourth-order valence-electron chi connectivity index (χ4n) is 2.32. The fourth-order valence-corrected chi connectivity index (χ4v) is 2.32. The van der Waals surface area contributed by atoms with E-state index in [-0.39, 0.29) is 11.9 Å². The number of carbonyl (C=O) groups excluding carboxylic acids is 1. The van der Waals surface area contributed by atoms with Crippen molar-refractivity contribution < 1.29 is 14.3 Å². The number of carbonyl (C=O) groups is 1. The van der Waals surface area contributed by atoms with Crippen molar-refractivity contribution in [1.29, 1.82) is 0 Å². The Hall–Kier alpha value is -1.59. The molecule has 5 heteroatoms. The molecule has 0 spiro atoms. The lowest BCUT2D eigenvalue weighted by atomic mass is 10.1. The molecular formula is C15H22N2O3. The molecule has 1 aromatic rings. The van der Waals surface area contributed by atoms with Crippen LogP contribution in [0.15, 0.2) is 18.2 Å². The Kier molecular flexibility index (Phi) is 5.38. The van der Waals surface area contributed by atoms with Crippen LogP contribution in [-0.4, -0.2) is 38.6 Å². The summed E-state index contributed by atoms with van der Waals surface area (Å²) < 4.78 is 11.3. The van der Waals surface area contributed by atoms with E-state index in [4.69, 9.17) is 15.2 Å². The summed E-state index contributed by atoms with van der Waals surface area (Å²) in [4.78, 5) is 11.9. The Bertz CT molecular complexity index is 456. The van der Waals surface area contributed by atoms with Crippen LogP contribution in [0.3, 0.4) is 0 Å². The molecule has 0 radical (unpaired) electrons. The van der Waals surface area contributed by atoms with Crippen molar-refractivity contribution in [3.63, 3.8) is 0 Å². The van der Waals surface area contributed by atoms with Crippen molar-refractivity contribution >= 4 is 5.78 Å². The van der Waals surface area contributed by atoms with Crippen LogP contribution in [0.1, 0.15) is 29.6 Å². The maximum absolute atomic E-state index is 11.9.